The molecule has 0 aliphatic heterocycles. The van der Waals surface area contributed by atoms with E-state index in [1.807, 2.05) is 0 Å². The molecule has 208 valence electrons. The smallest absolute Gasteiger partial charge is 0.478 e. The summed E-state index contributed by atoms with van der Waals surface area (Å²) in [7, 11) is 0. The number of alkyl halides is 3. The fourth-order valence-corrected chi connectivity index (χ4v) is 2.98. The molecule has 0 aliphatic rings. The molecule has 12 nitrogen and oxygen atoms in total. The number of carboxylic acids is 2. The predicted octanol–water partition coefficient (Wildman–Crippen LogP) is 2.73. The molecule has 0 heterocycles. The van der Waals surface area contributed by atoms with Crippen molar-refractivity contribution in [2.75, 3.05) is 26.4 Å². The van der Waals surface area contributed by atoms with Gasteiger partial charge in [0.25, 0.3) is 0 Å². The third kappa shape index (κ3) is 8.55. The molecule has 0 aromatic heterocycles. The van der Waals surface area contributed by atoms with Crippen LogP contribution in [0.1, 0.15) is 48.4 Å². The summed E-state index contributed by atoms with van der Waals surface area (Å²) in [5.74, 6) is -8.44. The summed E-state index contributed by atoms with van der Waals surface area (Å²) in [4.78, 5) is 69.4. The Morgan fingerprint density at radius 1 is 0.641 bits per heavy atom. The van der Waals surface area contributed by atoms with E-state index in [0.717, 1.165) is 31.2 Å². The van der Waals surface area contributed by atoms with E-state index in [1.165, 1.54) is 12.1 Å². The highest BCUT2D eigenvalue weighted by Crippen LogP contribution is 2.26. The molecule has 2 rings (SSSR count). The molecular formula is C24H19F3O12. The zero-order valence-corrected chi connectivity index (χ0v) is 19.9. The zero-order valence-electron chi connectivity index (χ0n) is 19.9. The number of carbonyl (C=O) groups is 6. The zero-order chi connectivity index (χ0) is 29.3. The first-order valence-corrected chi connectivity index (χ1v) is 10.7. The summed E-state index contributed by atoms with van der Waals surface area (Å²) in [5.41, 5.74) is -1.63. The second-order valence-corrected chi connectivity index (χ2v) is 7.38. The molecule has 0 unspecified atom stereocenters. The molecule has 2 aromatic carbocycles. The van der Waals surface area contributed by atoms with Gasteiger partial charge in [0.15, 0.2) is 0 Å². The normalized spacial score (nSPS) is 10.8. The maximum atomic E-state index is 12.3. The van der Waals surface area contributed by atoms with E-state index in [1.54, 1.807) is 0 Å². The summed E-state index contributed by atoms with van der Waals surface area (Å²) < 4.78 is 54.4. The molecule has 0 radical (unpaired) electrons. The minimum Gasteiger partial charge on any atom is -0.478 e. The summed E-state index contributed by atoms with van der Waals surface area (Å²) in [6.07, 6.45) is -5.24. The second kappa shape index (κ2) is 13.0. The predicted molar refractivity (Wildman–Crippen MR) is 120 cm³/mol. The van der Waals surface area contributed by atoms with Crippen molar-refractivity contribution in [2.24, 2.45) is 0 Å². The standard InChI is InChI=1S/C24H19F3O12/c1-12(28)36-6-7-37-21(33)15-4-2-13(10-17(15)19(29)30)14-3-5-16(18(11-14)20(31)32)22(34)38-8-9-39-23(35)24(25,26)27/h2-5,10-11H,6-9H2,1H3,(H,29,30)(H,31,32). The molecule has 0 saturated carbocycles. The van der Waals surface area contributed by atoms with Crippen LogP contribution in [0.3, 0.4) is 0 Å². The Hall–Kier alpha value is -4.95. The fraction of sp³-hybridized carbons (Fsp3) is 0.250. The Morgan fingerprint density at radius 3 is 1.38 bits per heavy atom. The highest BCUT2D eigenvalue weighted by atomic mass is 19.4. The van der Waals surface area contributed by atoms with Gasteiger partial charge in [0, 0.05) is 6.92 Å². The quantitative estimate of drug-likeness (QED) is 0.235. The van der Waals surface area contributed by atoms with E-state index < -0.39 is 71.9 Å². The summed E-state index contributed by atoms with van der Waals surface area (Å²) in [5, 5.41) is 19.1. The van der Waals surface area contributed by atoms with Crippen molar-refractivity contribution in [1.29, 1.82) is 0 Å². The number of benzene rings is 2. The van der Waals surface area contributed by atoms with Crippen molar-refractivity contribution in [3.63, 3.8) is 0 Å². The molecule has 0 saturated heterocycles. The minimum absolute atomic E-state index is 0.125. The van der Waals surface area contributed by atoms with Gasteiger partial charge in [0.1, 0.15) is 26.4 Å². The average molecular weight is 556 g/mol. The van der Waals surface area contributed by atoms with Crippen LogP contribution in [0.4, 0.5) is 13.2 Å². The van der Waals surface area contributed by atoms with E-state index in [4.69, 9.17) is 4.74 Å². The van der Waals surface area contributed by atoms with Gasteiger partial charge >= 0.3 is 42.0 Å². The van der Waals surface area contributed by atoms with Crippen LogP contribution in [-0.4, -0.2) is 78.6 Å². The number of ether oxygens (including phenoxy) is 4. The lowest BCUT2D eigenvalue weighted by molar-refractivity contribution is -0.200. The van der Waals surface area contributed by atoms with Crippen LogP contribution in [0.15, 0.2) is 36.4 Å². The first-order valence-electron chi connectivity index (χ1n) is 10.7. The molecule has 2 aromatic rings. The van der Waals surface area contributed by atoms with Gasteiger partial charge in [-0.15, -0.1) is 0 Å². The number of halogens is 3. The first kappa shape index (κ1) is 30.3. The van der Waals surface area contributed by atoms with Crippen LogP contribution in [0.5, 0.6) is 0 Å². The SMILES string of the molecule is CC(=O)OCCOC(=O)c1ccc(-c2ccc(C(=O)OCCOC(=O)C(F)(F)F)c(C(=O)O)c2)cc1C(=O)O. The van der Waals surface area contributed by atoms with Crippen molar-refractivity contribution in [3.05, 3.63) is 58.7 Å². The van der Waals surface area contributed by atoms with Crippen molar-refractivity contribution in [3.8, 4) is 11.1 Å². The monoisotopic (exact) mass is 556 g/mol. The van der Waals surface area contributed by atoms with Gasteiger partial charge in [-0.05, 0) is 35.4 Å². The third-order valence-electron chi connectivity index (χ3n) is 4.68. The van der Waals surface area contributed by atoms with Gasteiger partial charge in [0.05, 0.1) is 22.3 Å². The van der Waals surface area contributed by atoms with Crippen LogP contribution in [0.2, 0.25) is 0 Å². The minimum atomic E-state index is -5.24. The van der Waals surface area contributed by atoms with Crippen LogP contribution in [0.25, 0.3) is 11.1 Å². The van der Waals surface area contributed by atoms with Gasteiger partial charge < -0.3 is 29.2 Å². The molecule has 0 fully saturated rings. The highest BCUT2D eigenvalue weighted by Gasteiger charge is 2.40. The lowest BCUT2D eigenvalue weighted by atomic mass is 9.96. The molecule has 0 amide bonds. The second-order valence-electron chi connectivity index (χ2n) is 7.38. The number of carbonyl (C=O) groups excluding carboxylic acids is 4. The van der Waals surface area contributed by atoms with E-state index in [0.29, 0.717) is 0 Å². The lowest BCUT2D eigenvalue weighted by Crippen LogP contribution is -2.27. The lowest BCUT2D eigenvalue weighted by Gasteiger charge is -2.12. The topological polar surface area (TPSA) is 180 Å². The Balaban J connectivity index is 2.23. The van der Waals surface area contributed by atoms with Crippen molar-refractivity contribution in [1.82, 2.24) is 0 Å². The molecule has 0 aliphatic carbocycles. The average Bonchev–Trinajstić information content (AvgIpc) is 2.87. The van der Waals surface area contributed by atoms with E-state index >= 15 is 0 Å². The molecular weight excluding hydrogens is 537 g/mol. The number of aromatic carboxylic acids is 2. The van der Waals surface area contributed by atoms with E-state index in [9.17, 15) is 52.2 Å². The number of hydrogen-bond donors (Lipinski definition) is 2. The first-order chi connectivity index (χ1) is 18.2. The van der Waals surface area contributed by atoms with Gasteiger partial charge in [-0.25, -0.2) is 24.0 Å². The van der Waals surface area contributed by atoms with Crippen LogP contribution >= 0.6 is 0 Å². The maximum absolute atomic E-state index is 12.3. The summed E-state index contributed by atoms with van der Waals surface area (Å²) in [6.45, 7) is -1.14. The summed E-state index contributed by atoms with van der Waals surface area (Å²) in [6, 6.07) is 6.77. The Labute approximate surface area is 216 Å². The highest BCUT2D eigenvalue weighted by molar-refractivity contribution is 6.05. The Morgan fingerprint density at radius 2 is 1.03 bits per heavy atom. The number of rotatable bonds is 11. The number of hydrogen-bond acceptors (Lipinski definition) is 10. The maximum Gasteiger partial charge on any atom is 0.490 e. The fourth-order valence-electron chi connectivity index (χ4n) is 2.98. The Bertz CT molecular complexity index is 1300. The molecule has 2 N–H and O–H groups in total. The molecule has 15 heteroatoms. The van der Waals surface area contributed by atoms with E-state index in [2.05, 4.69) is 14.2 Å². The van der Waals surface area contributed by atoms with Crippen molar-refractivity contribution < 1.29 is 71.1 Å². The molecule has 39 heavy (non-hydrogen) atoms. The largest absolute Gasteiger partial charge is 0.490 e. The molecule has 0 atom stereocenters. The molecule has 0 bridgehead atoms. The molecule has 0 spiro atoms. The van der Waals surface area contributed by atoms with Gasteiger partial charge in [0.2, 0.25) is 0 Å². The Kier molecular flexibility index (Phi) is 10.1. The van der Waals surface area contributed by atoms with Gasteiger partial charge in [-0.3, -0.25) is 4.79 Å². The summed E-state index contributed by atoms with van der Waals surface area (Å²) >= 11 is 0. The third-order valence-corrected chi connectivity index (χ3v) is 4.68. The van der Waals surface area contributed by atoms with Crippen molar-refractivity contribution in [2.45, 2.75) is 13.1 Å². The van der Waals surface area contributed by atoms with E-state index in [-0.39, 0.29) is 29.9 Å². The number of esters is 4. The number of carboxylic acid groups (broad SMARTS) is 2. The van der Waals surface area contributed by atoms with Crippen LogP contribution < -0.4 is 0 Å². The van der Waals surface area contributed by atoms with Gasteiger partial charge in [-0.1, -0.05) is 12.1 Å². The van der Waals surface area contributed by atoms with Crippen molar-refractivity contribution >= 4 is 35.8 Å². The van der Waals surface area contributed by atoms with Gasteiger partial charge in [-0.2, -0.15) is 13.2 Å². The van der Waals surface area contributed by atoms with Crippen LogP contribution in [-0.2, 0) is 28.5 Å². The van der Waals surface area contributed by atoms with Crippen LogP contribution in [0, 0.1) is 0 Å².